The van der Waals surface area contributed by atoms with Crippen LogP contribution in [0.4, 0.5) is 0 Å². The molecule has 0 N–H and O–H groups in total. The summed E-state index contributed by atoms with van der Waals surface area (Å²) < 4.78 is 0. The summed E-state index contributed by atoms with van der Waals surface area (Å²) in [5.74, 6) is 0.255. The topological polar surface area (TPSA) is 40.6 Å². The maximum atomic E-state index is 11.9. The smallest absolute Gasteiger partial charge is 0.242 e. The summed E-state index contributed by atoms with van der Waals surface area (Å²) in [6.45, 7) is 3.99. The van der Waals surface area contributed by atoms with E-state index in [1.807, 2.05) is 4.90 Å². The third-order valence-electron chi connectivity index (χ3n) is 3.37. The van der Waals surface area contributed by atoms with E-state index in [1.165, 1.54) is 0 Å². The van der Waals surface area contributed by atoms with Crippen LogP contribution in [0.15, 0.2) is 0 Å². The quantitative estimate of drug-likeness (QED) is 0.670. The number of amides is 2. The Morgan fingerprint density at radius 2 is 2.20 bits per heavy atom. The maximum Gasteiger partial charge on any atom is 0.242 e. The minimum absolute atomic E-state index is 0.121. The monoisotopic (exact) mass is 210 g/mol. The predicted octanol–water partition coefficient (Wildman–Crippen LogP) is 0.620. The Kier molecular flexibility index (Phi) is 2.93. The summed E-state index contributed by atoms with van der Waals surface area (Å²) in [5, 5.41) is 0. The highest BCUT2D eigenvalue weighted by Crippen LogP contribution is 2.17. The molecule has 2 saturated heterocycles. The van der Waals surface area contributed by atoms with Gasteiger partial charge < -0.3 is 9.80 Å². The van der Waals surface area contributed by atoms with E-state index in [2.05, 4.69) is 6.92 Å². The number of likely N-dealkylation sites (tertiary alicyclic amines) is 2. The first kappa shape index (κ1) is 10.5. The summed E-state index contributed by atoms with van der Waals surface area (Å²) in [4.78, 5) is 26.8. The van der Waals surface area contributed by atoms with Crippen molar-refractivity contribution in [2.45, 2.75) is 38.6 Å². The van der Waals surface area contributed by atoms with Gasteiger partial charge in [0.2, 0.25) is 11.8 Å². The molecule has 0 saturated carbocycles. The first-order valence-electron chi connectivity index (χ1n) is 5.76. The van der Waals surface area contributed by atoms with Crippen LogP contribution in [0.1, 0.15) is 32.6 Å². The fourth-order valence-electron chi connectivity index (χ4n) is 2.43. The van der Waals surface area contributed by atoms with Gasteiger partial charge in [0, 0.05) is 25.6 Å². The van der Waals surface area contributed by atoms with Crippen molar-refractivity contribution in [1.29, 1.82) is 0 Å². The predicted molar refractivity (Wildman–Crippen MR) is 56.2 cm³/mol. The Morgan fingerprint density at radius 1 is 1.40 bits per heavy atom. The van der Waals surface area contributed by atoms with E-state index in [9.17, 15) is 9.59 Å². The van der Waals surface area contributed by atoms with Crippen molar-refractivity contribution in [3.05, 3.63) is 0 Å². The van der Waals surface area contributed by atoms with Crippen LogP contribution in [0.5, 0.6) is 0 Å². The highest BCUT2D eigenvalue weighted by atomic mass is 16.2. The second-order valence-electron chi connectivity index (χ2n) is 4.50. The molecule has 0 bridgehead atoms. The minimum Gasteiger partial charge on any atom is -0.338 e. The molecular formula is C11H18N2O2. The molecule has 4 heteroatoms. The fourth-order valence-corrected chi connectivity index (χ4v) is 2.43. The average Bonchev–Trinajstić information content (AvgIpc) is 2.76. The van der Waals surface area contributed by atoms with Crippen molar-refractivity contribution in [2.24, 2.45) is 0 Å². The lowest BCUT2D eigenvalue weighted by Gasteiger charge is -2.24. The van der Waals surface area contributed by atoms with E-state index in [1.54, 1.807) is 4.90 Å². The molecule has 0 unspecified atom stereocenters. The van der Waals surface area contributed by atoms with E-state index in [4.69, 9.17) is 0 Å². The standard InChI is InChI=1S/C11H18N2O2/c1-9-4-2-7-13(9)11(15)8-12-6-3-5-10(12)14/h9H,2-8H2,1H3/t9-/m1/s1. The molecule has 4 nitrogen and oxygen atoms in total. The van der Waals surface area contributed by atoms with Crippen LogP contribution in [-0.2, 0) is 9.59 Å². The summed E-state index contributed by atoms with van der Waals surface area (Å²) in [6, 6.07) is 0.357. The van der Waals surface area contributed by atoms with Gasteiger partial charge in [-0.25, -0.2) is 0 Å². The van der Waals surface area contributed by atoms with E-state index in [0.717, 1.165) is 32.4 Å². The second kappa shape index (κ2) is 4.21. The van der Waals surface area contributed by atoms with Crippen molar-refractivity contribution in [3.8, 4) is 0 Å². The number of carbonyl (C=O) groups is 2. The van der Waals surface area contributed by atoms with E-state index in [-0.39, 0.29) is 11.8 Å². The molecule has 15 heavy (non-hydrogen) atoms. The molecule has 2 heterocycles. The van der Waals surface area contributed by atoms with Gasteiger partial charge in [0.05, 0.1) is 6.54 Å². The number of hydrogen-bond acceptors (Lipinski definition) is 2. The SMILES string of the molecule is C[C@@H]1CCCN1C(=O)CN1CCCC1=O. The Labute approximate surface area is 90.2 Å². The van der Waals surface area contributed by atoms with Crippen molar-refractivity contribution in [3.63, 3.8) is 0 Å². The molecule has 0 radical (unpaired) electrons. The molecule has 84 valence electrons. The van der Waals surface area contributed by atoms with Gasteiger partial charge in [-0.3, -0.25) is 9.59 Å². The molecule has 0 spiro atoms. The highest BCUT2D eigenvalue weighted by molar-refractivity contribution is 5.86. The fraction of sp³-hybridized carbons (Fsp3) is 0.818. The van der Waals surface area contributed by atoms with Gasteiger partial charge >= 0.3 is 0 Å². The lowest BCUT2D eigenvalue weighted by atomic mass is 10.2. The van der Waals surface area contributed by atoms with Gasteiger partial charge in [-0.15, -0.1) is 0 Å². The van der Waals surface area contributed by atoms with Crippen LogP contribution in [0.3, 0.4) is 0 Å². The van der Waals surface area contributed by atoms with Crippen molar-refractivity contribution >= 4 is 11.8 Å². The van der Waals surface area contributed by atoms with Crippen molar-refractivity contribution < 1.29 is 9.59 Å². The molecule has 2 fully saturated rings. The Hall–Kier alpha value is -1.06. The molecule has 1 atom stereocenters. The number of carbonyl (C=O) groups excluding carboxylic acids is 2. The van der Waals surface area contributed by atoms with Crippen molar-refractivity contribution in [1.82, 2.24) is 9.80 Å². The largest absolute Gasteiger partial charge is 0.338 e. The molecule has 0 aromatic rings. The van der Waals surface area contributed by atoms with Gasteiger partial charge in [-0.2, -0.15) is 0 Å². The molecule has 2 aliphatic heterocycles. The van der Waals surface area contributed by atoms with Crippen LogP contribution in [0.25, 0.3) is 0 Å². The number of hydrogen-bond donors (Lipinski definition) is 0. The van der Waals surface area contributed by atoms with Gasteiger partial charge in [-0.1, -0.05) is 0 Å². The molecule has 0 aliphatic carbocycles. The van der Waals surface area contributed by atoms with Crippen molar-refractivity contribution in [2.75, 3.05) is 19.6 Å². The number of nitrogens with zero attached hydrogens (tertiary/aromatic N) is 2. The molecule has 0 aromatic carbocycles. The molecule has 0 aromatic heterocycles. The first-order valence-corrected chi connectivity index (χ1v) is 5.76. The third-order valence-corrected chi connectivity index (χ3v) is 3.37. The summed E-state index contributed by atoms with van der Waals surface area (Å²) in [6.07, 6.45) is 3.71. The van der Waals surface area contributed by atoms with Gasteiger partial charge in [0.1, 0.15) is 0 Å². The third kappa shape index (κ3) is 2.13. The summed E-state index contributed by atoms with van der Waals surface area (Å²) in [5.41, 5.74) is 0. The zero-order valence-electron chi connectivity index (χ0n) is 9.24. The van der Waals surface area contributed by atoms with Crippen LogP contribution in [0.2, 0.25) is 0 Å². The lowest BCUT2D eigenvalue weighted by Crippen LogP contribution is -2.42. The average molecular weight is 210 g/mol. The first-order chi connectivity index (χ1) is 7.18. The van der Waals surface area contributed by atoms with Gasteiger partial charge in [-0.05, 0) is 26.2 Å². The molecular weight excluding hydrogens is 192 g/mol. The molecule has 2 rings (SSSR count). The molecule has 2 aliphatic rings. The summed E-state index contributed by atoms with van der Waals surface area (Å²) >= 11 is 0. The zero-order chi connectivity index (χ0) is 10.8. The van der Waals surface area contributed by atoms with Gasteiger partial charge in [0.15, 0.2) is 0 Å². The van der Waals surface area contributed by atoms with Crippen LogP contribution in [-0.4, -0.2) is 47.3 Å². The minimum atomic E-state index is 0.121. The van der Waals surface area contributed by atoms with E-state index >= 15 is 0 Å². The van der Waals surface area contributed by atoms with Crippen LogP contribution < -0.4 is 0 Å². The lowest BCUT2D eigenvalue weighted by molar-refractivity contribution is -0.138. The van der Waals surface area contributed by atoms with Crippen LogP contribution >= 0.6 is 0 Å². The molecule has 2 amide bonds. The normalized spacial score (nSPS) is 26.5. The Bertz CT molecular complexity index is 278. The van der Waals surface area contributed by atoms with Crippen LogP contribution in [0, 0.1) is 0 Å². The number of rotatable bonds is 2. The second-order valence-corrected chi connectivity index (χ2v) is 4.50. The van der Waals surface area contributed by atoms with E-state index < -0.39 is 0 Å². The maximum absolute atomic E-state index is 11.9. The Morgan fingerprint density at radius 3 is 2.73 bits per heavy atom. The Balaban J connectivity index is 1.88. The summed E-state index contributed by atoms with van der Waals surface area (Å²) in [7, 11) is 0. The van der Waals surface area contributed by atoms with Gasteiger partial charge in [0.25, 0.3) is 0 Å². The van der Waals surface area contributed by atoms with E-state index in [0.29, 0.717) is 19.0 Å². The highest BCUT2D eigenvalue weighted by Gasteiger charge is 2.29. The zero-order valence-corrected chi connectivity index (χ0v) is 9.24.